The number of anilines is 1. The molecule has 2 heterocycles. The Hall–Kier alpha value is -1.68. The fourth-order valence-electron chi connectivity index (χ4n) is 2.88. The van der Waals surface area contributed by atoms with Crippen molar-refractivity contribution in [1.29, 1.82) is 0 Å². The molecule has 1 aliphatic heterocycles. The quantitative estimate of drug-likeness (QED) is 0.564. The average Bonchev–Trinajstić information content (AvgIpc) is 2.69. The minimum absolute atomic E-state index is 0.0696. The molecule has 0 bridgehead atoms. The molecule has 1 aromatic carbocycles. The molecule has 2 aromatic rings. The van der Waals surface area contributed by atoms with Gasteiger partial charge >= 0.3 is 0 Å². The molecular formula is C18H21ClN4O3S2. The first kappa shape index (κ1) is 21.0. The zero-order valence-corrected chi connectivity index (χ0v) is 17.9. The minimum Gasteiger partial charge on any atom is -0.321 e. The van der Waals surface area contributed by atoms with E-state index in [1.807, 2.05) is 0 Å². The van der Waals surface area contributed by atoms with Gasteiger partial charge in [-0.15, -0.1) is 0 Å². The van der Waals surface area contributed by atoms with Crippen molar-refractivity contribution in [2.75, 3.05) is 24.7 Å². The second-order valence-corrected chi connectivity index (χ2v) is 9.74. The highest BCUT2D eigenvalue weighted by Gasteiger charge is 2.28. The third-order valence-electron chi connectivity index (χ3n) is 4.61. The van der Waals surface area contributed by atoms with Gasteiger partial charge in [-0.1, -0.05) is 30.3 Å². The maximum absolute atomic E-state index is 12.8. The topological polar surface area (TPSA) is 92.3 Å². The van der Waals surface area contributed by atoms with Gasteiger partial charge in [-0.25, -0.2) is 18.4 Å². The Balaban J connectivity index is 1.73. The molecule has 0 spiro atoms. The van der Waals surface area contributed by atoms with Crippen molar-refractivity contribution in [1.82, 2.24) is 14.3 Å². The van der Waals surface area contributed by atoms with Crippen LogP contribution in [0.25, 0.3) is 0 Å². The van der Waals surface area contributed by atoms with Crippen LogP contribution in [-0.4, -0.2) is 47.9 Å². The first-order chi connectivity index (χ1) is 13.3. The lowest BCUT2D eigenvalue weighted by molar-refractivity contribution is 0.102. The fourth-order valence-corrected chi connectivity index (χ4v) is 4.87. The summed E-state index contributed by atoms with van der Waals surface area (Å²) in [6.07, 6.45) is 4.91. The van der Waals surface area contributed by atoms with Gasteiger partial charge in [0.25, 0.3) is 5.91 Å². The van der Waals surface area contributed by atoms with Crippen LogP contribution in [0.5, 0.6) is 0 Å². The summed E-state index contributed by atoms with van der Waals surface area (Å²) in [6.45, 7) is 3.20. The molecular weight excluding hydrogens is 420 g/mol. The summed E-state index contributed by atoms with van der Waals surface area (Å²) >= 11 is 7.32. The predicted octanol–water partition coefficient (Wildman–Crippen LogP) is 3.52. The van der Waals surface area contributed by atoms with Gasteiger partial charge in [0.2, 0.25) is 10.0 Å². The largest absolute Gasteiger partial charge is 0.321 e. The number of halogens is 1. The summed E-state index contributed by atoms with van der Waals surface area (Å²) in [5.74, 6) is 0.0626. The third kappa shape index (κ3) is 4.65. The SMILES string of the molecule is CSc1ncc(Cl)c(C(=O)Nc2ccc(S(=O)(=O)N3CCC(C)CC3)cc2)n1. The molecule has 0 saturated carbocycles. The Morgan fingerprint density at radius 3 is 2.50 bits per heavy atom. The molecule has 1 aliphatic rings. The predicted molar refractivity (Wildman–Crippen MR) is 110 cm³/mol. The number of carbonyl (C=O) groups excluding carboxylic acids is 1. The number of hydrogen-bond acceptors (Lipinski definition) is 6. The molecule has 150 valence electrons. The number of amides is 1. The summed E-state index contributed by atoms with van der Waals surface area (Å²) in [5, 5.41) is 3.27. The van der Waals surface area contributed by atoms with Crippen LogP contribution >= 0.6 is 23.4 Å². The van der Waals surface area contributed by atoms with Crippen molar-refractivity contribution >= 4 is 45.0 Å². The van der Waals surface area contributed by atoms with E-state index in [0.717, 1.165) is 12.8 Å². The van der Waals surface area contributed by atoms with Gasteiger partial charge in [0.15, 0.2) is 10.9 Å². The monoisotopic (exact) mass is 440 g/mol. The summed E-state index contributed by atoms with van der Waals surface area (Å²) in [7, 11) is -3.52. The van der Waals surface area contributed by atoms with E-state index in [-0.39, 0.29) is 15.6 Å². The van der Waals surface area contributed by atoms with Gasteiger partial charge in [0, 0.05) is 18.8 Å². The van der Waals surface area contributed by atoms with Crippen LogP contribution in [0.3, 0.4) is 0 Å². The van der Waals surface area contributed by atoms with Gasteiger partial charge in [0.05, 0.1) is 16.1 Å². The van der Waals surface area contributed by atoms with E-state index in [4.69, 9.17) is 11.6 Å². The van der Waals surface area contributed by atoms with Crippen molar-refractivity contribution < 1.29 is 13.2 Å². The van der Waals surface area contributed by atoms with E-state index >= 15 is 0 Å². The van der Waals surface area contributed by atoms with Crippen molar-refractivity contribution in [2.24, 2.45) is 5.92 Å². The Kier molecular flexibility index (Phi) is 6.59. The van der Waals surface area contributed by atoms with Crippen molar-refractivity contribution in [3.05, 3.63) is 41.2 Å². The highest BCUT2D eigenvalue weighted by Crippen LogP contribution is 2.25. The van der Waals surface area contributed by atoms with E-state index in [1.54, 1.807) is 18.4 Å². The minimum atomic E-state index is -3.52. The molecule has 0 atom stereocenters. The van der Waals surface area contributed by atoms with Crippen LogP contribution < -0.4 is 5.32 Å². The number of nitrogens with zero attached hydrogens (tertiary/aromatic N) is 3. The van der Waals surface area contributed by atoms with Crippen LogP contribution in [0.15, 0.2) is 40.5 Å². The molecule has 1 amide bonds. The standard InChI is InChI=1S/C18H21ClN4O3S2/c1-12-7-9-23(10-8-12)28(25,26)14-5-3-13(4-6-14)21-17(24)16-15(19)11-20-18(22-16)27-2/h3-6,11-12H,7-10H2,1-2H3,(H,21,24). The fraction of sp³-hybridized carbons (Fsp3) is 0.389. The molecule has 3 rings (SSSR count). The smallest absolute Gasteiger partial charge is 0.275 e. The summed E-state index contributed by atoms with van der Waals surface area (Å²) in [4.78, 5) is 20.8. The number of sulfonamides is 1. The van der Waals surface area contributed by atoms with Crippen LogP contribution in [0, 0.1) is 5.92 Å². The molecule has 0 aliphatic carbocycles. The number of nitrogens with one attached hydrogen (secondary N) is 1. The van der Waals surface area contributed by atoms with Crippen LogP contribution in [0.4, 0.5) is 5.69 Å². The van der Waals surface area contributed by atoms with E-state index in [2.05, 4.69) is 22.2 Å². The van der Waals surface area contributed by atoms with Gasteiger partial charge < -0.3 is 5.32 Å². The second kappa shape index (κ2) is 8.77. The lowest BCUT2D eigenvalue weighted by Crippen LogP contribution is -2.37. The summed E-state index contributed by atoms with van der Waals surface area (Å²) in [6, 6.07) is 6.11. The zero-order chi connectivity index (χ0) is 20.3. The Morgan fingerprint density at radius 1 is 1.25 bits per heavy atom. The first-order valence-corrected chi connectivity index (χ1v) is 11.8. The lowest BCUT2D eigenvalue weighted by Gasteiger charge is -2.29. The number of rotatable bonds is 5. The number of benzene rings is 1. The van der Waals surface area contributed by atoms with Crippen LogP contribution in [-0.2, 0) is 10.0 Å². The van der Waals surface area contributed by atoms with Crippen molar-refractivity contribution in [3.8, 4) is 0 Å². The number of hydrogen-bond donors (Lipinski definition) is 1. The van der Waals surface area contributed by atoms with Crippen molar-refractivity contribution in [3.63, 3.8) is 0 Å². The van der Waals surface area contributed by atoms with Gasteiger partial charge in [-0.05, 0) is 49.3 Å². The summed E-state index contributed by atoms with van der Waals surface area (Å²) in [5.41, 5.74) is 0.525. The Labute approximate surface area is 173 Å². The van der Waals surface area contributed by atoms with Gasteiger partial charge in [-0.2, -0.15) is 4.31 Å². The number of piperidine rings is 1. The molecule has 0 radical (unpaired) electrons. The maximum atomic E-state index is 12.8. The lowest BCUT2D eigenvalue weighted by atomic mass is 10.0. The van der Waals surface area contributed by atoms with E-state index < -0.39 is 15.9 Å². The normalized spacial score (nSPS) is 16.1. The van der Waals surface area contributed by atoms with Crippen molar-refractivity contribution in [2.45, 2.75) is 29.8 Å². The zero-order valence-electron chi connectivity index (χ0n) is 15.6. The van der Waals surface area contributed by atoms with Gasteiger partial charge in [-0.3, -0.25) is 4.79 Å². The Bertz CT molecular complexity index is 959. The second-order valence-electron chi connectivity index (χ2n) is 6.62. The summed E-state index contributed by atoms with van der Waals surface area (Å²) < 4.78 is 27.1. The molecule has 1 saturated heterocycles. The molecule has 1 fully saturated rings. The van der Waals surface area contributed by atoms with E-state index in [1.165, 1.54) is 34.4 Å². The van der Waals surface area contributed by atoms with Crippen LogP contribution in [0.1, 0.15) is 30.3 Å². The molecule has 28 heavy (non-hydrogen) atoms. The molecule has 1 N–H and O–H groups in total. The van der Waals surface area contributed by atoms with Gasteiger partial charge in [0.1, 0.15) is 0 Å². The number of thioether (sulfide) groups is 1. The highest BCUT2D eigenvalue weighted by atomic mass is 35.5. The average molecular weight is 441 g/mol. The molecule has 1 aromatic heterocycles. The van der Waals surface area contributed by atoms with Crippen LogP contribution in [0.2, 0.25) is 5.02 Å². The number of aromatic nitrogens is 2. The highest BCUT2D eigenvalue weighted by molar-refractivity contribution is 7.98. The van der Waals surface area contributed by atoms with E-state index in [0.29, 0.717) is 29.9 Å². The first-order valence-electron chi connectivity index (χ1n) is 8.79. The molecule has 7 nitrogen and oxygen atoms in total. The Morgan fingerprint density at radius 2 is 1.89 bits per heavy atom. The molecule has 10 heteroatoms. The maximum Gasteiger partial charge on any atom is 0.275 e. The molecule has 0 unspecified atom stereocenters. The number of carbonyl (C=O) groups is 1. The van der Waals surface area contributed by atoms with E-state index in [9.17, 15) is 13.2 Å². The third-order valence-corrected chi connectivity index (χ3v) is 7.36.